The third-order valence-electron chi connectivity index (χ3n) is 1.68. The molecule has 1 atom stereocenters. The monoisotopic (exact) mass is 176 g/mol. The topological polar surface area (TPSA) is 60.7 Å². The van der Waals surface area contributed by atoms with E-state index >= 15 is 0 Å². The molecule has 12 heavy (non-hydrogen) atoms. The van der Waals surface area contributed by atoms with Crippen LogP contribution in [0, 0.1) is 0 Å². The number of unbranched alkanes of at least 4 members (excludes halogenated alkanes) is 1. The second-order valence-electron chi connectivity index (χ2n) is 3.89. The van der Waals surface area contributed by atoms with Crippen molar-refractivity contribution < 1.29 is 15.3 Å². The molecule has 1 unspecified atom stereocenters. The summed E-state index contributed by atoms with van der Waals surface area (Å²) in [4.78, 5) is 0. The van der Waals surface area contributed by atoms with Gasteiger partial charge in [-0.05, 0) is 33.1 Å². The molecule has 0 spiro atoms. The van der Waals surface area contributed by atoms with Crippen LogP contribution in [0.5, 0.6) is 0 Å². The van der Waals surface area contributed by atoms with Crippen molar-refractivity contribution in [1.82, 2.24) is 0 Å². The lowest BCUT2D eigenvalue weighted by Crippen LogP contribution is -2.26. The highest BCUT2D eigenvalue weighted by Gasteiger charge is 2.17. The van der Waals surface area contributed by atoms with E-state index in [2.05, 4.69) is 0 Å². The fourth-order valence-corrected chi connectivity index (χ4v) is 1.17. The first-order valence-corrected chi connectivity index (χ1v) is 4.47. The molecule has 0 aliphatic heterocycles. The maximum atomic E-state index is 9.37. The van der Waals surface area contributed by atoms with Gasteiger partial charge in [0.1, 0.15) is 0 Å². The highest BCUT2D eigenvalue weighted by molar-refractivity contribution is 4.70. The van der Waals surface area contributed by atoms with Crippen molar-refractivity contribution in [3.63, 3.8) is 0 Å². The predicted molar refractivity (Wildman–Crippen MR) is 47.9 cm³/mol. The Morgan fingerprint density at radius 2 is 1.83 bits per heavy atom. The molecule has 0 aromatic carbocycles. The molecule has 0 heterocycles. The Morgan fingerprint density at radius 1 is 1.25 bits per heavy atom. The van der Waals surface area contributed by atoms with Crippen LogP contribution in [0.25, 0.3) is 0 Å². The third-order valence-corrected chi connectivity index (χ3v) is 1.68. The van der Waals surface area contributed by atoms with Crippen molar-refractivity contribution >= 4 is 0 Å². The number of aliphatic hydroxyl groups excluding tert-OH is 2. The van der Waals surface area contributed by atoms with E-state index in [1.165, 1.54) is 0 Å². The van der Waals surface area contributed by atoms with Gasteiger partial charge in [0, 0.05) is 13.0 Å². The maximum absolute atomic E-state index is 9.37. The molecule has 3 nitrogen and oxygen atoms in total. The summed E-state index contributed by atoms with van der Waals surface area (Å²) >= 11 is 0. The van der Waals surface area contributed by atoms with Crippen LogP contribution < -0.4 is 0 Å². The first-order chi connectivity index (χ1) is 5.45. The summed E-state index contributed by atoms with van der Waals surface area (Å²) in [5, 5.41) is 27.2. The van der Waals surface area contributed by atoms with Crippen LogP contribution in [0.3, 0.4) is 0 Å². The predicted octanol–water partition coefficient (Wildman–Crippen LogP) is 0.671. The Labute approximate surface area is 74.0 Å². The Hall–Kier alpha value is -0.120. The van der Waals surface area contributed by atoms with Gasteiger partial charge in [0.2, 0.25) is 0 Å². The average Bonchev–Trinajstić information content (AvgIpc) is 1.84. The molecular formula is C9H20O3. The van der Waals surface area contributed by atoms with Crippen LogP contribution in [-0.4, -0.2) is 33.6 Å². The molecule has 3 N–H and O–H groups in total. The smallest absolute Gasteiger partial charge is 0.0616 e. The lowest BCUT2D eigenvalue weighted by Gasteiger charge is -2.20. The van der Waals surface area contributed by atoms with E-state index in [0.717, 1.165) is 12.8 Å². The summed E-state index contributed by atoms with van der Waals surface area (Å²) < 4.78 is 0. The first kappa shape index (κ1) is 11.9. The zero-order valence-corrected chi connectivity index (χ0v) is 7.95. The fraction of sp³-hybridized carbons (Fsp3) is 1.00. The van der Waals surface area contributed by atoms with Crippen LogP contribution in [0.2, 0.25) is 0 Å². The van der Waals surface area contributed by atoms with Gasteiger partial charge in [-0.15, -0.1) is 0 Å². The highest BCUT2D eigenvalue weighted by atomic mass is 16.3. The fourth-order valence-electron chi connectivity index (χ4n) is 1.17. The molecule has 0 bridgehead atoms. The van der Waals surface area contributed by atoms with Gasteiger partial charge < -0.3 is 15.3 Å². The van der Waals surface area contributed by atoms with E-state index in [-0.39, 0.29) is 6.61 Å². The van der Waals surface area contributed by atoms with Gasteiger partial charge in [0.05, 0.1) is 11.7 Å². The molecule has 3 heteroatoms. The van der Waals surface area contributed by atoms with E-state index in [9.17, 15) is 10.2 Å². The van der Waals surface area contributed by atoms with E-state index in [0.29, 0.717) is 12.8 Å². The van der Waals surface area contributed by atoms with Crippen molar-refractivity contribution in [3.8, 4) is 0 Å². The highest BCUT2D eigenvalue weighted by Crippen LogP contribution is 2.14. The minimum absolute atomic E-state index is 0.176. The van der Waals surface area contributed by atoms with E-state index < -0.39 is 11.7 Å². The minimum atomic E-state index is -0.793. The normalized spacial score (nSPS) is 14.8. The SMILES string of the molecule is CC(C)(O)CC(O)CCCCO. The summed E-state index contributed by atoms with van der Waals surface area (Å²) in [6.07, 6.45) is 2.15. The van der Waals surface area contributed by atoms with Gasteiger partial charge in [0.15, 0.2) is 0 Å². The van der Waals surface area contributed by atoms with Crippen molar-refractivity contribution in [3.05, 3.63) is 0 Å². The Morgan fingerprint density at radius 3 is 2.25 bits per heavy atom. The van der Waals surface area contributed by atoms with Gasteiger partial charge in [-0.2, -0.15) is 0 Å². The lowest BCUT2D eigenvalue weighted by atomic mass is 9.98. The zero-order chi connectivity index (χ0) is 9.61. The van der Waals surface area contributed by atoms with Crippen LogP contribution in [0.4, 0.5) is 0 Å². The molecule has 0 aromatic heterocycles. The molecule has 0 saturated carbocycles. The number of aliphatic hydroxyl groups is 3. The van der Waals surface area contributed by atoms with Crippen molar-refractivity contribution in [2.45, 2.75) is 51.2 Å². The zero-order valence-electron chi connectivity index (χ0n) is 7.95. The van der Waals surface area contributed by atoms with Gasteiger partial charge in [-0.3, -0.25) is 0 Å². The summed E-state index contributed by atoms with van der Waals surface area (Å²) in [7, 11) is 0. The number of hydrogen-bond donors (Lipinski definition) is 3. The van der Waals surface area contributed by atoms with Crippen LogP contribution in [0.1, 0.15) is 39.5 Å². The second-order valence-corrected chi connectivity index (χ2v) is 3.89. The summed E-state index contributed by atoms with van der Waals surface area (Å²) in [6, 6.07) is 0. The van der Waals surface area contributed by atoms with E-state index in [4.69, 9.17) is 5.11 Å². The van der Waals surface area contributed by atoms with Gasteiger partial charge in [-0.25, -0.2) is 0 Å². The van der Waals surface area contributed by atoms with E-state index in [1.54, 1.807) is 13.8 Å². The van der Waals surface area contributed by atoms with Crippen LogP contribution in [0.15, 0.2) is 0 Å². The first-order valence-electron chi connectivity index (χ1n) is 4.47. The Kier molecular flexibility index (Phi) is 5.46. The van der Waals surface area contributed by atoms with Crippen LogP contribution in [-0.2, 0) is 0 Å². The van der Waals surface area contributed by atoms with Crippen LogP contribution >= 0.6 is 0 Å². The Bertz CT molecular complexity index is 107. The maximum Gasteiger partial charge on any atom is 0.0616 e. The molecule has 0 radical (unpaired) electrons. The molecule has 0 amide bonds. The molecule has 0 aliphatic carbocycles. The van der Waals surface area contributed by atoms with E-state index in [1.807, 2.05) is 0 Å². The molecule has 0 fully saturated rings. The summed E-state index contributed by atoms with van der Waals surface area (Å²) in [6.45, 7) is 3.54. The minimum Gasteiger partial charge on any atom is -0.396 e. The molecule has 0 aliphatic rings. The van der Waals surface area contributed by atoms with Crippen molar-refractivity contribution in [1.29, 1.82) is 0 Å². The number of rotatable bonds is 6. The summed E-state index contributed by atoms with van der Waals surface area (Å²) in [5.74, 6) is 0. The second kappa shape index (κ2) is 5.51. The lowest BCUT2D eigenvalue weighted by molar-refractivity contribution is 0.0148. The standard InChI is InChI=1S/C9H20O3/c1-9(2,12)7-8(11)5-3-4-6-10/h8,10-12H,3-7H2,1-2H3. The molecule has 0 saturated heterocycles. The van der Waals surface area contributed by atoms with Crippen molar-refractivity contribution in [2.75, 3.05) is 6.61 Å². The summed E-state index contributed by atoms with van der Waals surface area (Å²) in [5.41, 5.74) is -0.793. The average molecular weight is 176 g/mol. The quantitative estimate of drug-likeness (QED) is 0.521. The third kappa shape index (κ3) is 7.98. The van der Waals surface area contributed by atoms with Gasteiger partial charge in [-0.1, -0.05) is 0 Å². The molecular weight excluding hydrogens is 156 g/mol. The van der Waals surface area contributed by atoms with Crippen molar-refractivity contribution in [2.24, 2.45) is 0 Å². The van der Waals surface area contributed by atoms with Gasteiger partial charge >= 0.3 is 0 Å². The molecule has 0 aromatic rings. The largest absolute Gasteiger partial charge is 0.396 e. The number of hydrogen-bond acceptors (Lipinski definition) is 3. The van der Waals surface area contributed by atoms with Gasteiger partial charge in [0.25, 0.3) is 0 Å². The Balaban J connectivity index is 3.40. The molecule has 74 valence electrons. The molecule has 0 rings (SSSR count).